The Morgan fingerprint density at radius 3 is 2.86 bits per heavy atom. The lowest BCUT2D eigenvalue weighted by molar-refractivity contribution is -0.128. The lowest BCUT2D eigenvalue weighted by atomic mass is 10.1. The summed E-state index contributed by atoms with van der Waals surface area (Å²) in [7, 11) is -0.941. The molecule has 0 N–H and O–H groups in total. The fourth-order valence-electron chi connectivity index (χ4n) is 1.18. The maximum Gasteiger partial charge on any atom is 0.316 e. The summed E-state index contributed by atoms with van der Waals surface area (Å²) in [6.07, 6.45) is 1.21. The molecule has 3 heteroatoms. The average molecular weight is 206 g/mol. The molecule has 74 valence electrons. The highest BCUT2D eigenvalue weighted by Gasteiger charge is 2.03. The first-order valence-electron chi connectivity index (χ1n) is 4.49. The largest absolute Gasteiger partial charge is 0.517 e. The maximum atomic E-state index is 10.9. The van der Waals surface area contributed by atoms with E-state index in [1.807, 2.05) is 12.1 Å². The molecule has 1 aromatic carbocycles. The van der Waals surface area contributed by atoms with Crippen molar-refractivity contribution >= 4 is 20.9 Å². The SMILES string of the molecule is C=CC(=O)O[SiH2]c1cccc(C)c1C. The summed E-state index contributed by atoms with van der Waals surface area (Å²) < 4.78 is 5.09. The van der Waals surface area contributed by atoms with Gasteiger partial charge in [0.15, 0.2) is 0 Å². The van der Waals surface area contributed by atoms with Crippen molar-refractivity contribution in [2.75, 3.05) is 0 Å². The molecule has 0 radical (unpaired) electrons. The van der Waals surface area contributed by atoms with Crippen LogP contribution in [-0.2, 0) is 9.22 Å². The van der Waals surface area contributed by atoms with E-state index in [9.17, 15) is 4.79 Å². The quantitative estimate of drug-likeness (QED) is 0.538. The minimum atomic E-state index is -0.941. The molecule has 0 amide bonds. The first-order chi connectivity index (χ1) is 6.65. The summed E-state index contributed by atoms with van der Waals surface area (Å²) in [5.74, 6) is -0.322. The van der Waals surface area contributed by atoms with Gasteiger partial charge in [-0.25, -0.2) is 4.79 Å². The number of carbonyl (C=O) groups is 1. The Kier molecular flexibility index (Phi) is 3.65. The van der Waals surface area contributed by atoms with E-state index < -0.39 is 9.76 Å². The van der Waals surface area contributed by atoms with Crippen LogP contribution in [0.1, 0.15) is 11.1 Å². The van der Waals surface area contributed by atoms with Crippen molar-refractivity contribution < 1.29 is 9.22 Å². The molecule has 14 heavy (non-hydrogen) atoms. The number of benzene rings is 1. The molecule has 1 rings (SSSR count). The van der Waals surface area contributed by atoms with Gasteiger partial charge in [-0.05, 0) is 30.2 Å². The highest BCUT2D eigenvalue weighted by Crippen LogP contribution is 2.01. The zero-order chi connectivity index (χ0) is 10.6. The highest BCUT2D eigenvalue weighted by atomic mass is 28.2. The van der Waals surface area contributed by atoms with Crippen molar-refractivity contribution in [1.29, 1.82) is 0 Å². The molecule has 0 atom stereocenters. The normalized spacial score (nSPS) is 10.4. The molecule has 0 heterocycles. The Morgan fingerprint density at radius 1 is 1.50 bits per heavy atom. The molecule has 0 saturated carbocycles. The van der Waals surface area contributed by atoms with Crippen LogP contribution in [0, 0.1) is 13.8 Å². The van der Waals surface area contributed by atoms with Crippen molar-refractivity contribution in [2.45, 2.75) is 13.8 Å². The smallest absolute Gasteiger partial charge is 0.316 e. The van der Waals surface area contributed by atoms with Crippen molar-refractivity contribution in [2.24, 2.45) is 0 Å². The number of hydrogen-bond acceptors (Lipinski definition) is 2. The van der Waals surface area contributed by atoms with E-state index in [0.717, 1.165) is 0 Å². The number of rotatable bonds is 3. The average Bonchev–Trinajstić information content (AvgIpc) is 2.20. The van der Waals surface area contributed by atoms with Crippen LogP contribution in [0.5, 0.6) is 0 Å². The second kappa shape index (κ2) is 4.76. The van der Waals surface area contributed by atoms with E-state index in [1.54, 1.807) is 0 Å². The van der Waals surface area contributed by atoms with Gasteiger partial charge in [0, 0.05) is 6.08 Å². The van der Waals surface area contributed by atoms with Crippen LogP contribution in [0.25, 0.3) is 0 Å². The Bertz CT molecular complexity index is 358. The third-order valence-electron chi connectivity index (χ3n) is 2.25. The van der Waals surface area contributed by atoms with Gasteiger partial charge >= 0.3 is 5.97 Å². The van der Waals surface area contributed by atoms with Gasteiger partial charge in [0.05, 0.1) is 0 Å². The number of hydrogen-bond donors (Lipinski definition) is 0. The summed E-state index contributed by atoms with van der Waals surface area (Å²) >= 11 is 0. The summed E-state index contributed by atoms with van der Waals surface area (Å²) in [6, 6.07) is 6.07. The zero-order valence-corrected chi connectivity index (χ0v) is 9.95. The maximum absolute atomic E-state index is 10.9. The fraction of sp³-hybridized carbons (Fsp3) is 0.182. The highest BCUT2D eigenvalue weighted by molar-refractivity contribution is 6.49. The Morgan fingerprint density at radius 2 is 2.21 bits per heavy atom. The Balaban J connectivity index is 2.72. The molecule has 2 nitrogen and oxygen atoms in total. The molecular formula is C11H14O2Si. The Labute approximate surface area is 86.5 Å². The van der Waals surface area contributed by atoms with Gasteiger partial charge in [0.1, 0.15) is 0 Å². The van der Waals surface area contributed by atoms with Crippen LogP contribution in [0.3, 0.4) is 0 Å². The van der Waals surface area contributed by atoms with Gasteiger partial charge < -0.3 is 4.43 Å². The van der Waals surface area contributed by atoms with Crippen LogP contribution in [0.2, 0.25) is 0 Å². The third-order valence-corrected chi connectivity index (χ3v) is 3.76. The topological polar surface area (TPSA) is 26.3 Å². The zero-order valence-electron chi connectivity index (χ0n) is 8.54. The van der Waals surface area contributed by atoms with Gasteiger partial charge in [-0.15, -0.1) is 0 Å². The molecule has 0 bridgehead atoms. The Hall–Kier alpha value is -1.35. The van der Waals surface area contributed by atoms with Gasteiger partial charge in [-0.2, -0.15) is 0 Å². The molecule has 0 aliphatic heterocycles. The lowest BCUT2D eigenvalue weighted by Gasteiger charge is -2.07. The molecule has 0 unspecified atom stereocenters. The van der Waals surface area contributed by atoms with Crippen molar-refractivity contribution in [3.8, 4) is 0 Å². The van der Waals surface area contributed by atoms with Crippen LogP contribution >= 0.6 is 0 Å². The van der Waals surface area contributed by atoms with Crippen molar-refractivity contribution in [3.05, 3.63) is 42.0 Å². The summed E-state index contributed by atoms with van der Waals surface area (Å²) in [5.41, 5.74) is 2.47. The standard InChI is InChI=1S/C11H14O2Si/c1-4-11(12)13-14-10-7-5-6-8(2)9(10)3/h4-7H,1,14H2,2-3H3. The second-order valence-corrected chi connectivity index (χ2v) is 4.51. The van der Waals surface area contributed by atoms with Gasteiger partial charge in [0.2, 0.25) is 0 Å². The molecular weight excluding hydrogens is 192 g/mol. The fourth-order valence-corrected chi connectivity index (χ4v) is 2.32. The number of aryl methyl sites for hydroxylation is 1. The van der Waals surface area contributed by atoms with Crippen molar-refractivity contribution in [1.82, 2.24) is 0 Å². The summed E-state index contributed by atoms with van der Waals surface area (Å²) in [4.78, 5) is 10.9. The predicted molar refractivity (Wildman–Crippen MR) is 60.4 cm³/mol. The van der Waals surface area contributed by atoms with E-state index in [1.165, 1.54) is 22.4 Å². The second-order valence-electron chi connectivity index (χ2n) is 3.17. The van der Waals surface area contributed by atoms with E-state index in [2.05, 4.69) is 26.5 Å². The minimum absolute atomic E-state index is 0.322. The van der Waals surface area contributed by atoms with E-state index >= 15 is 0 Å². The van der Waals surface area contributed by atoms with Crippen LogP contribution in [0.15, 0.2) is 30.9 Å². The van der Waals surface area contributed by atoms with Gasteiger partial charge in [0.25, 0.3) is 9.76 Å². The molecule has 0 aliphatic rings. The van der Waals surface area contributed by atoms with Crippen LogP contribution in [0.4, 0.5) is 0 Å². The lowest BCUT2D eigenvalue weighted by Crippen LogP contribution is -2.23. The number of carbonyl (C=O) groups excluding carboxylic acids is 1. The molecule has 0 fully saturated rings. The third kappa shape index (κ3) is 2.57. The molecule has 0 saturated heterocycles. The molecule has 0 spiro atoms. The molecule has 1 aromatic rings. The summed E-state index contributed by atoms with van der Waals surface area (Å²) in [6.45, 7) is 7.47. The first-order valence-corrected chi connectivity index (χ1v) is 5.78. The van der Waals surface area contributed by atoms with E-state index in [4.69, 9.17) is 4.43 Å². The first kappa shape index (κ1) is 10.7. The molecule has 0 aromatic heterocycles. The van der Waals surface area contributed by atoms with Crippen molar-refractivity contribution in [3.63, 3.8) is 0 Å². The van der Waals surface area contributed by atoms with Crippen LogP contribution in [-0.4, -0.2) is 15.7 Å². The van der Waals surface area contributed by atoms with E-state index in [0.29, 0.717) is 0 Å². The predicted octanol–water partition coefficient (Wildman–Crippen LogP) is 0.742. The van der Waals surface area contributed by atoms with Gasteiger partial charge in [-0.3, -0.25) is 0 Å². The minimum Gasteiger partial charge on any atom is -0.517 e. The summed E-state index contributed by atoms with van der Waals surface area (Å²) in [5, 5.41) is 1.18. The molecule has 0 aliphatic carbocycles. The van der Waals surface area contributed by atoms with Gasteiger partial charge in [-0.1, -0.05) is 24.8 Å². The van der Waals surface area contributed by atoms with Crippen LogP contribution < -0.4 is 5.19 Å². The monoisotopic (exact) mass is 206 g/mol. The van der Waals surface area contributed by atoms with E-state index in [-0.39, 0.29) is 5.97 Å².